The Labute approximate surface area is 115 Å². The molecule has 1 rings (SSSR count). The molecule has 4 heteroatoms. The summed E-state index contributed by atoms with van der Waals surface area (Å²) in [6, 6.07) is 8.25. The van der Waals surface area contributed by atoms with Gasteiger partial charge in [0.2, 0.25) is 5.91 Å². The molecule has 3 N–H and O–H groups in total. The van der Waals surface area contributed by atoms with Gasteiger partial charge in [-0.1, -0.05) is 20.8 Å². The van der Waals surface area contributed by atoms with E-state index < -0.39 is 0 Å². The van der Waals surface area contributed by atoms with E-state index in [1.807, 2.05) is 24.3 Å². The number of rotatable bonds is 8. The van der Waals surface area contributed by atoms with Crippen LogP contribution in [-0.2, 0) is 4.79 Å². The van der Waals surface area contributed by atoms with Crippen LogP contribution in [0.1, 0.15) is 33.6 Å². The summed E-state index contributed by atoms with van der Waals surface area (Å²) in [5.41, 5.74) is 6.14. The molecular formula is C15H24N2O2. The SMILES string of the molecule is CCC(Nc1ccc(OCCC(N)=O)cc1)C(C)C. The monoisotopic (exact) mass is 264 g/mol. The van der Waals surface area contributed by atoms with Crippen LogP contribution < -0.4 is 15.8 Å². The predicted molar refractivity (Wildman–Crippen MR) is 78.3 cm³/mol. The first-order valence-electron chi connectivity index (χ1n) is 6.80. The number of amides is 1. The van der Waals surface area contributed by atoms with Crippen molar-refractivity contribution in [2.45, 2.75) is 39.7 Å². The lowest BCUT2D eigenvalue weighted by molar-refractivity contribution is -0.118. The zero-order chi connectivity index (χ0) is 14.3. The summed E-state index contributed by atoms with van der Waals surface area (Å²) in [5, 5.41) is 3.50. The van der Waals surface area contributed by atoms with E-state index in [4.69, 9.17) is 10.5 Å². The Morgan fingerprint density at radius 2 is 1.95 bits per heavy atom. The first kappa shape index (κ1) is 15.3. The van der Waals surface area contributed by atoms with Crippen LogP contribution in [0.25, 0.3) is 0 Å². The number of primary amides is 1. The van der Waals surface area contributed by atoms with E-state index in [1.165, 1.54) is 0 Å². The summed E-state index contributed by atoms with van der Waals surface area (Å²) in [6.45, 7) is 6.93. The fourth-order valence-electron chi connectivity index (χ4n) is 1.87. The van der Waals surface area contributed by atoms with Gasteiger partial charge in [0.25, 0.3) is 0 Å². The zero-order valence-corrected chi connectivity index (χ0v) is 12.0. The molecule has 106 valence electrons. The van der Waals surface area contributed by atoms with Crippen molar-refractivity contribution >= 4 is 11.6 Å². The molecule has 0 bridgehead atoms. The zero-order valence-electron chi connectivity index (χ0n) is 12.0. The van der Waals surface area contributed by atoms with Gasteiger partial charge < -0.3 is 15.8 Å². The second-order valence-electron chi connectivity index (χ2n) is 4.99. The maximum absolute atomic E-state index is 10.6. The number of benzene rings is 1. The average molecular weight is 264 g/mol. The summed E-state index contributed by atoms with van der Waals surface area (Å²) in [4.78, 5) is 10.6. The first-order valence-corrected chi connectivity index (χ1v) is 6.80. The topological polar surface area (TPSA) is 64.3 Å². The third kappa shape index (κ3) is 5.64. The summed E-state index contributed by atoms with van der Waals surface area (Å²) in [5.74, 6) is 1.00. The van der Waals surface area contributed by atoms with Crippen LogP contribution in [0.4, 0.5) is 5.69 Å². The van der Waals surface area contributed by atoms with Crippen LogP contribution in [0.3, 0.4) is 0 Å². The van der Waals surface area contributed by atoms with Crippen molar-refractivity contribution in [3.05, 3.63) is 24.3 Å². The molecule has 1 amide bonds. The van der Waals surface area contributed by atoms with E-state index in [0.717, 1.165) is 17.9 Å². The lowest BCUT2D eigenvalue weighted by atomic mass is 10.0. The van der Waals surface area contributed by atoms with Crippen LogP contribution in [0.5, 0.6) is 5.75 Å². The Bertz CT molecular complexity index is 388. The van der Waals surface area contributed by atoms with E-state index in [9.17, 15) is 4.79 Å². The van der Waals surface area contributed by atoms with Crippen LogP contribution >= 0.6 is 0 Å². The number of hydrogen-bond donors (Lipinski definition) is 2. The molecule has 0 aliphatic heterocycles. The highest BCUT2D eigenvalue weighted by molar-refractivity contribution is 5.73. The highest BCUT2D eigenvalue weighted by Gasteiger charge is 2.10. The number of carbonyl (C=O) groups is 1. The fourth-order valence-corrected chi connectivity index (χ4v) is 1.87. The lowest BCUT2D eigenvalue weighted by Gasteiger charge is -2.22. The molecule has 1 unspecified atom stereocenters. The lowest BCUT2D eigenvalue weighted by Crippen LogP contribution is -2.24. The minimum Gasteiger partial charge on any atom is -0.493 e. The van der Waals surface area contributed by atoms with E-state index in [1.54, 1.807) is 0 Å². The van der Waals surface area contributed by atoms with Gasteiger partial charge in [0.1, 0.15) is 5.75 Å². The largest absolute Gasteiger partial charge is 0.493 e. The Balaban J connectivity index is 2.49. The molecule has 1 atom stereocenters. The minimum absolute atomic E-state index is 0.241. The van der Waals surface area contributed by atoms with Crippen LogP contribution in [-0.4, -0.2) is 18.6 Å². The summed E-state index contributed by atoms with van der Waals surface area (Å²) in [6.07, 6.45) is 1.33. The molecule has 1 aromatic rings. The molecule has 0 spiro atoms. The van der Waals surface area contributed by atoms with Crippen molar-refractivity contribution in [2.75, 3.05) is 11.9 Å². The molecule has 4 nitrogen and oxygen atoms in total. The van der Waals surface area contributed by atoms with Gasteiger partial charge in [-0.25, -0.2) is 0 Å². The average Bonchev–Trinajstić information content (AvgIpc) is 2.37. The van der Waals surface area contributed by atoms with Crippen molar-refractivity contribution in [1.29, 1.82) is 0 Å². The van der Waals surface area contributed by atoms with E-state index in [0.29, 0.717) is 18.6 Å². The van der Waals surface area contributed by atoms with Gasteiger partial charge in [0.05, 0.1) is 13.0 Å². The molecule has 0 aromatic heterocycles. The van der Waals surface area contributed by atoms with Gasteiger partial charge in [0.15, 0.2) is 0 Å². The Hall–Kier alpha value is -1.71. The van der Waals surface area contributed by atoms with Gasteiger partial charge in [-0.3, -0.25) is 4.79 Å². The molecule has 0 aliphatic carbocycles. The molecule has 0 radical (unpaired) electrons. The second-order valence-corrected chi connectivity index (χ2v) is 4.99. The number of anilines is 1. The van der Waals surface area contributed by atoms with Gasteiger partial charge in [0, 0.05) is 11.7 Å². The molecule has 0 heterocycles. The maximum atomic E-state index is 10.6. The molecule has 0 saturated carbocycles. The first-order chi connectivity index (χ1) is 9.02. The van der Waals surface area contributed by atoms with E-state index in [-0.39, 0.29) is 12.3 Å². The van der Waals surface area contributed by atoms with Gasteiger partial charge >= 0.3 is 0 Å². The second kappa shape index (κ2) is 7.67. The normalized spacial score (nSPS) is 12.2. The molecular weight excluding hydrogens is 240 g/mol. The summed E-state index contributed by atoms with van der Waals surface area (Å²) >= 11 is 0. The third-order valence-corrected chi connectivity index (χ3v) is 3.07. The quantitative estimate of drug-likeness (QED) is 0.759. The van der Waals surface area contributed by atoms with Crippen molar-refractivity contribution in [3.8, 4) is 5.75 Å². The molecule has 0 saturated heterocycles. The Morgan fingerprint density at radius 1 is 1.32 bits per heavy atom. The van der Waals surface area contributed by atoms with Crippen molar-refractivity contribution in [3.63, 3.8) is 0 Å². The number of hydrogen-bond acceptors (Lipinski definition) is 3. The van der Waals surface area contributed by atoms with E-state index >= 15 is 0 Å². The van der Waals surface area contributed by atoms with Crippen LogP contribution in [0, 0.1) is 5.92 Å². The number of ether oxygens (including phenoxy) is 1. The number of nitrogens with two attached hydrogens (primary N) is 1. The summed E-state index contributed by atoms with van der Waals surface area (Å²) in [7, 11) is 0. The highest BCUT2D eigenvalue weighted by Crippen LogP contribution is 2.19. The van der Waals surface area contributed by atoms with E-state index in [2.05, 4.69) is 26.1 Å². The molecule has 19 heavy (non-hydrogen) atoms. The van der Waals surface area contributed by atoms with Crippen molar-refractivity contribution in [1.82, 2.24) is 0 Å². The van der Waals surface area contributed by atoms with Crippen LogP contribution in [0.15, 0.2) is 24.3 Å². The smallest absolute Gasteiger partial charge is 0.220 e. The number of carbonyl (C=O) groups excluding carboxylic acids is 1. The fraction of sp³-hybridized carbons (Fsp3) is 0.533. The highest BCUT2D eigenvalue weighted by atomic mass is 16.5. The van der Waals surface area contributed by atoms with Crippen LogP contribution in [0.2, 0.25) is 0 Å². The molecule has 0 aliphatic rings. The third-order valence-electron chi connectivity index (χ3n) is 3.07. The van der Waals surface area contributed by atoms with Crippen molar-refractivity contribution < 1.29 is 9.53 Å². The van der Waals surface area contributed by atoms with Gasteiger partial charge in [-0.2, -0.15) is 0 Å². The molecule has 0 fully saturated rings. The maximum Gasteiger partial charge on any atom is 0.220 e. The Kier molecular flexibility index (Phi) is 6.19. The minimum atomic E-state index is -0.346. The number of nitrogens with one attached hydrogen (secondary N) is 1. The Morgan fingerprint density at radius 3 is 2.42 bits per heavy atom. The van der Waals surface area contributed by atoms with Gasteiger partial charge in [-0.05, 0) is 36.6 Å². The summed E-state index contributed by atoms with van der Waals surface area (Å²) < 4.78 is 5.42. The molecule has 1 aromatic carbocycles. The standard InChI is InChI=1S/C15H24N2O2/c1-4-14(11(2)3)17-12-5-7-13(8-6-12)19-10-9-15(16)18/h5-8,11,14,17H,4,9-10H2,1-3H3,(H2,16,18). The van der Waals surface area contributed by atoms with Gasteiger partial charge in [-0.15, -0.1) is 0 Å². The predicted octanol–water partition coefficient (Wildman–Crippen LogP) is 2.79. The van der Waals surface area contributed by atoms with Crippen molar-refractivity contribution in [2.24, 2.45) is 11.7 Å².